The van der Waals surface area contributed by atoms with Crippen LogP contribution < -0.4 is 5.32 Å². The molecule has 0 aliphatic carbocycles. The predicted molar refractivity (Wildman–Crippen MR) is 99.1 cm³/mol. The maximum atomic E-state index is 11.6. The van der Waals surface area contributed by atoms with Gasteiger partial charge in [-0.2, -0.15) is 0 Å². The van der Waals surface area contributed by atoms with Crippen LogP contribution in [0.3, 0.4) is 0 Å². The SMILES string of the molecule is CC[C@@H]1CN(C(C)=O)CC[C@H]1NCc1nccn1Cc1ccccc1. The first-order chi connectivity index (χ1) is 12.2. The molecule has 0 saturated carbocycles. The van der Waals surface area contributed by atoms with Gasteiger partial charge in [-0.05, 0) is 17.9 Å². The highest BCUT2D eigenvalue weighted by Crippen LogP contribution is 2.21. The van der Waals surface area contributed by atoms with Crippen LogP contribution in [0.5, 0.6) is 0 Å². The molecule has 1 aliphatic heterocycles. The van der Waals surface area contributed by atoms with Crippen molar-refractivity contribution in [3.63, 3.8) is 0 Å². The summed E-state index contributed by atoms with van der Waals surface area (Å²) >= 11 is 0. The quantitative estimate of drug-likeness (QED) is 0.879. The number of carbonyl (C=O) groups is 1. The van der Waals surface area contributed by atoms with Crippen molar-refractivity contribution in [1.29, 1.82) is 0 Å². The van der Waals surface area contributed by atoms with Crippen molar-refractivity contribution >= 4 is 5.91 Å². The fraction of sp³-hybridized carbons (Fsp3) is 0.500. The van der Waals surface area contributed by atoms with Crippen molar-refractivity contribution in [2.45, 2.75) is 45.8 Å². The lowest BCUT2D eigenvalue weighted by atomic mass is 9.90. The van der Waals surface area contributed by atoms with Crippen molar-refractivity contribution in [2.24, 2.45) is 5.92 Å². The summed E-state index contributed by atoms with van der Waals surface area (Å²) in [5, 5.41) is 3.69. The third kappa shape index (κ3) is 4.48. The number of aromatic nitrogens is 2. The van der Waals surface area contributed by atoms with E-state index < -0.39 is 0 Å². The van der Waals surface area contributed by atoms with Crippen LogP contribution >= 0.6 is 0 Å². The van der Waals surface area contributed by atoms with Crippen LogP contribution in [0.4, 0.5) is 0 Å². The van der Waals surface area contributed by atoms with E-state index in [9.17, 15) is 4.79 Å². The highest BCUT2D eigenvalue weighted by atomic mass is 16.2. The molecular formula is C20H28N4O. The van der Waals surface area contributed by atoms with Crippen LogP contribution in [0.2, 0.25) is 0 Å². The van der Waals surface area contributed by atoms with Crippen molar-refractivity contribution < 1.29 is 4.79 Å². The molecule has 1 aliphatic rings. The highest BCUT2D eigenvalue weighted by molar-refractivity contribution is 5.73. The van der Waals surface area contributed by atoms with E-state index in [4.69, 9.17) is 0 Å². The standard InChI is InChI=1S/C20H28N4O/c1-3-18-15-23(16(2)25)11-9-19(18)22-13-20-21-10-12-24(20)14-17-7-5-4-6-8-17/h4-8,10,12,18-19,22H,3,9,11,13-15H2,1-2H3/t18-,19-/m1/s1. The molecule has 5 nitrogen and oxygen atoms in total. The second-order valence-electron chi connectivity index (χ2n) is 6.87. The second-order valence-corrected chi connectivity index (χ2v) is 6.87. The number of carbonyl (C=O) groups excluding carboxylic acids is 1. The molecule has 1 aromatic heterocycles. The van der Waals surface area contributed by atoms with Gasteiger partial charge in [-0.15, -0.1) is 0 Å². The van der Waals surface area contributed by atoms with Gasteiger partial charge in [0.2, 0.25) is 5.91 Å². The van der Waals surface area contributed by atoms with Gasteiger partial charge < -0.3 is 14.8 Å². The van der Waals surface area contributed by atoms with Crippen molar-refractivity contribution in [3.05, 3.63) is 54.1 Å². The molecule has 25 heavy (non-hydrogen) atoms. The first-order valence-corrected chi connectivity index (χ1v) is 9.20. The lowest BCUT2D eigenvalue weighted by Crippen LogP contribution is -2.50. The van der Waals surface area contributed by atoms with E-state index in [0.717, 1.165) is 44.8 Å². The Morgan fingerprint density at radius 1 is 1.32 bits per heavy atom. The number of hydrogen-bond acceptors (Lipinski definition) is 3. The fourth-order valence-corrected chi connectivity index (χ4v) is 3.65. The summed E-state index contributed by atoms with van der Waals surface area (Å²) in [6, 6.07) is 10.9. The molecule has 1 aromatic carbocycles. The average Bonchev–Trinajstić information content (AvgIpc) is 3.07. The summed E-state index contributed by atoms with van der Waals surface area (Å²) in [6.07, 6.45) is 6.01. The van der Waals surface area contributed by atoms with Gasteiger partial charge in [0.05, 0.1) is 6.54 Å². The van der Waals surface area contributed by atoms with Crippen LogP contribution in [0.1, 0.15) is 38.1 Å². The number of benzene rings is 1. The van der Waals surface area contributed by atoms with Gasteiger partial charge in [-0.25, -0.2) is 4.98 Å². The monoisotopic (exact) mass is 340 g/mol. The van der Waals surface area contributed by atoms with Gasteiger partial charge in [0.15, 0.2) is 0 Å². The number of likely N-dealkylation sites (tertiary alicyclic amines) is 1. The zero-order valence-corrected chi connectivity index (χ0v) is 15.2. The Balaban J connectivity index is 1.59. The molecule has 0 radical (unpaired) electrons. The van der Waals surface area contributed by atoms with Crippen molar-refractivity contribution in [3.8, 4) is 0 Å². The number of piperidine rings is 1. The molecular weight excluding hydrogens is 312 g/mol. The third-order valence-corrected chi connectivity index (χ3v) is 5.22. The van der Waals surface area contributed by atoms with Crippen LogP contribution in [0, 0.1) is 5.92 Å². The molecule has 134 valence electrons. The van der Waals surface area contributed by atoms with Crippen LogP contribution in [-0.4, -0.2) is 39.5 Å². The van der Waals surface area contributed by atoms with Crippen molar-refractivity contribution in [2.75, 3.05) is 13.1 Å². The Bertz CT molecular complexity index is 682. The van der Waals surface area contributed by atoms with E-state index in [1.807, 2.05) is 23.4 Å². The number of hydrogen-bond donors (Lipinski definition) is 1. The normalized spacial score (nSPS) is 20.6. The Morgan fingerprint density at radius 2 is 2.12 bits per heavy atom. The predicted octanol–water partition coefficient (Wildman–Crippen LogP) is 2.67. The first kappa shape index (κ1) is 17.7. The zero-order valence-electron chi connectivity index (χ0n) is 15.2. The van der Waals surface area contributed by atoms with Crippen LogP contribution in [0.25, 0.3) is 0 Å². The maximum absolute atomic E-state index is 11.6. The van der Waals surface area contributed by atoms with Gasteiger partial charge in [0.25, 0.3) is 0 Å². The van der Waals surface area contributed by atoms with E-state index >= 15 is 0 Å². The number of rotatable bonds is 6. The molecule has 1 saturated heterocycles. The van der Waals surface area contributed by atoms with Gasteiger partial charge in [-0.1, -0.05) is 43.7 Å². The molecule has 2 atom stereocenters. The molecule has 2 heterocycles. The minimum atomic E-state index is 0.190. The molecule has 1 amide bonds. The number of nitrogens with zero attached hydrogens (tertiary/aromatic N) is 3. The van der Waals surface area contributed by atoms with Gasteiger partial charge in [0.1, 0.15) is 5.82 Å². The number of imidazole rings is 1. The van der Waals surface area contributed by atoms with E-state index in [2.05, 4.69) is 46.1 Å². The third-order valence-electron chi connectivity index (χ3n) is 5.22. The van der Waals surface area contributed by atoms with Crippen molar-refractivity contribution in [1.82, 2.24) is 19.8 Å². The summed E-state index contributed by atoms with van der Waals surface area (Å²) in [7, 11) is 0. The molecule has 1 N–H and O–H groups in total. The Morgan fingerprint density at radius 3 is 2.84 bits per heavy atom. The first-order valence-electron chi connectivity index (χ1n) is 9.20. The number of amides is 1. The Kier molecular flexibility index (Phi) is 5.87. The lowest BCUT2D eigenvalue weighted by molar-refractivity contribution is -0.131. The molecule has 0 unspecified atom stereocenters. The summed E-state index contributed by atoms with van der Waals surface area (Å²) < 4.78 is 2.20. The van der Waals surface area contributed by atoms with Gasteiger partial charge in [0, 0.05) is 45.0 Å². The fourth-order valence-electron chi connectivity index (χ4n) is 3.65. The summed E-state index contributed by atoms with van der Waals surface area (Å²) in [5.74, 6) is 1.76. The highest BCUT2D eigenvalue weighted by Gasteiger charge is 2.28. The largest absolute Gasteiger partial charge is 0.343 e. The Labute approximate surface area is 150 Å². The van der Waals surface area contributed by atoms with Gasteiger partial charge >= 0.3 is 0 Å². The Hall–Kier alpha value is -2.14. The summed E-state index contributed by atoms with van der Waals surface area (Å²) in [4.78, 5) is 18.1. The molecule has 2 aromatic rings. The second kappa shape index (κ2) is 8.30. The average molecular weight is 340 g/mol. The lowest BCUT2D eigenvalue weighted by Gasteiger charge is -2.38. The summed E-state index contributed by atoms with van der Waals surface area (Å²) in [6.45, 7) is 7.20. The van der Waals surface area contributed by atoms with E-state index in [1.165, 1.54) is 5.56 Å². The van der Waals surface area contributed by atoms with E-state index in [0.29, 0.717) is 12.0 Å². The summed E-state index contributed by atoms with van der Waals surface area (Å²) in [5.41, 5.74) is 1.28. The minimum absolute atomic E-state index is 0.190. The van der Waals surface area contributed by atoms with Gasteiger partial charge in [-0.3, -0.25) is 4.79 Å². The maximum Gasteiger partial charge on any atom is 0.219 e. The topological polar surface area (TPSA) is 50.2 Å². The van der Waals surface area contributed by atoms with E-state index in [1.54, 1.807) is 6.92 Å². The molecule has 3 rings (SSSR count). The van der Waals surface area contributed by atoms with Crippen LogP contribution in [0.15, 0.2) is 42.7 Å². The molecule has 5 heteroatoms. The van der Waals surface area contributed by atoms with Crippen LogP contribution in [-0.2, 0) is 17.9 Å². The zero-order chi connectivity index (χ0) is 17.6. The number of nitrogens with one attached hydrogen (secondary N) is 1. The molecule has 0 spiro atoms. The molecule has 0 bridgehead atoms. The van der Waals surface area contributed by atoms with E-state index in [-0.39, 0.29) is 5.91 Å². The minimum Gasteiger partial charge on any atom is -0.343 e. The molecule has 1 fully saturated rings. The smallest absolute Gasteiger partial charge is 0.219 e.